The van der Waals surface area contributed by atoms with E-state index >= 15 is 0 Å². The monoisotopic (exact) mass is 365 g/mol. The van der Waals surface area contributed by atoms with Crippen LogP contribution in [0.25, 0.3) is 0 Å². The predicted molar refractivity (Wildman–Crippen MR) is 104 cm³/mol. The van der Waals surface area contributed by atoms with Crippen molar-refractivity contribution in [1.29, 1.82) is 0 Å². The molecule has 1 atom stereocenters. The summed E-state index contributed by atoms with van der Waals surface area (Å²) in [5, 5.41) is 5.59. The Morgan fingerprint density at radius 2 is 1.63 bits per heavy atom. The van der Waals surface area contributed by atoms with Gasteiger partial charge in [-0.3, -0.25) is 14.5 Å². The summed E-state index contributed by atoms with van der Waals surface area (Å²) in [5.74, 6) is -0.405. The Labute approximate surface area is 158 Å². The molecule has 27 heavy (non-hydrogen) atoms. The summed E-state index contributed by atoms with van der Waals surface area (Å²) in [5.41, 5.74) is 2.17. The molecule has 2 aromatic rings. The standard InChI is InChI=1S/C21H23N3O3/c1-13(2)12-24-19(25)17-10-9-16(11-18(17)20(24)26)23-21(27)22-14(3)15-7-5-4-6-8-15/h4-11,13-14H,12H2,1-3H3,(H2,22,23,27). The highest BCUT2D eigenvalue weighted by atomic mass is 16.2. The lowest BCUT2D eigenvalue weighted by Crippen LogP contribution is -2.33. The Balaban J connectivity index is 1.70. The van der Waals surface area contributed by atoms with E-state index in [-0.39, 0.29) is 29.8 Å². The number of imide groups is 1. The minimum Gasteiger partial charge on any atom is -0.331 e. The SMILES string of the molecule is CC(C)CN1C(=O)c2ccc(NC(=O)NC(C)c3ccccc3)cc2C1=O. The lowest BCUT2D eigenvalue weighted by atomic mass is 10.1. The zero-order chi connectivity index (χ0) is 19.6. The maximum Gasteiger partial charge on any atom is 0.319 e. The number of benzene rings is 2. The summed E-state index contributed by atoms with van der Waals surface area (Å²) < 4.78 is 0. The van der Waals surface area contributed by atoms with Gasteiger partial charge in [0.25, 0.3) is 11.8 Å². The molecule has 2 aromatic carbocycles. The second kappa shape index (κ2) is 7.61. The van der Waals surface area contributed by atoms with Gasteiger partial charge in [-0.15, -0.1) is 0 Å². The van der Waals surface area contributed by atoms with E-state index in [4.69, 9.17) is 0 Å². The quantitative estimate of drug-likeness (QED) is 0.791. The van der Waals surface area contributed by atoms with Crippen molar-refractivity contribution in [2.24, 2.45) is 5.92 Å². The molecule has 0 saturated heterocycles. The van der Waals surface area contributed by atoms with E-state index in [0.717, 1.165) is 5.56 Å². The van der Waals surface area contributed by atoms with Gasteiger partial charge in [0, 0.05) is 12.2 Å². The highest BCUT2D eigenvalue weighted by molar-refractivity contribution is 6.21. The van der Waals surface area contributed by atoms with Crippen LogP contribution in [0.5, 0.6) is 0 Å². The third kappa shape index (κ3) is 4.00. The van der Waals surface area contributed by atoms with Crippen molar-refractivity contribution in [3.8, 4) is 0 Å². The van der Waals surface area contributed by atoms with Gasteiger partial charge in [0.05, 0.1) is 17.2 Å². The normalized spacial score (nSPS) is 14.3. The van der Waals surface area contributed by atoms with Crippen LogP contribution < -0.4 is 10.6 Å². The fraction of sp³-hybridized carbons (Fsp3) is 0.286. The minimum absolute atomic E-state index is 0.162. The highest BCUT2D eigenvalue weighted by Gasteiger charge is 2.35. The Bertz CT molecular complexity index is 877. The number of fused-ring (bicyclic) bond motifs is 1. The van der Waals surface area contributed by atoms with E-state index in [9.17, 15) is 14.4 Å². The van der Waals surface area contributed by atoms with Crippen molar-refractivity contribution < 1.29 is 14.4 Å². The van der Waals surface area contributed by atoms with E-state index in [1.54, 1.807) is 18.2 Å². The van der Waals surface area contributed by atoms with Gasteiger partial charge >= 0.3 is 6.03 Å². The third-order valence-corrected chi connectivity index (χ3v) is 4.42. The second-order valence-electron chi connectivity index (χ2n) is 7.11. The number of hydrogen-bond acceptors (Lipinski definition) is 3. The van der Waals surface area contributed by atoms with Crippen LogP contribution in [0.4, 0.5) is 10.5 Å². The fourth-order valence-electron chi connectivity index (χ4n) is 3.09. The van der Waals surface area contributed by atoms with Crippen LogP contribution in [-0.4, -0.2) is 29.3 Å². The van der Waals surface area contributed by atoms with Gasteiger partial charge in [-0.1, -0.05) is 44.2 Å². The first-order chi connectivity index (χ1) is 12.9. The van der Waals surface area contributed by atoms with Gasteiger partial charge in [0.1, 0.15) is 0 Å². The molecular formula is C21H23N3O3. The van der Waals surface area contributed by atoms with Gasteiger partial charge in [0.15, 0.2) is 0 Å². The van der Waals surface area contributed by atoms with Crippen LogP contribution in [0, 0.1) is 5.92 Å². The molecule has 1 aliphatic rings. The molecule has 3 rings (SSSR count). The molecule has 0 fully saturated rings. The van der Waals surface area contributed by atoms with Crippen molar-refractivity contribution in [3.05, 3.63) is 65.2 Å². The number of urea groups is 1. The summed E-state index contributed by atoms with van der Waals surface area (Å²) in [7, 11) is 0. The van der Waals surface area contributed by atoms with E-state index < -0.39 is 0 Å². The fourth-order valence-corrected chi connectivity index (χ4v) is 3.09. The maximum atomic E-state index is 12.5. The number of carbonyl (C=O) groups is 3. The molecule has 0 spiro atoms. The van der Waals surface area contributed by atoms with E-state index in [1.807, 2.05) is 51.1 Å². The van der Waals surface area contributed by atoms with Crippen LogP contribution in [0.1, 0.15) is 53.1 Å². The minimum atomic E-state index is -0.373. The third-order valence-electron chi connectivity index (χ3n) is 4.42. The summed E-state index contributed by atoms with van der Waals surface area (Å²) in [6.07, 6.45) is 0. The van der Waals surface area contributed by atoms with Crippen molar-refractivity contribution in [2.45, 2.75) is 26.8 Å². The molecule has 0 radical (unpaired) electrons. The maximum absolute atomic E-state index is 12.5. The number of nitrogens with zero attached hydrogens (tertiary/aromatic N) is 1. The zero-order valence-electron chi connectivity index (χ0n) is 15.7. The number of carbonyl (C=O) groups excluding carboxylic acids is 3. The molecule has 0 aliphatic carbocycles. The summed E-state index contributed by atoms with van der Waals surface area (Å²) >= 11 is 0. The lowest BCUT2D eigenvalue weighted by Gasteiger charge is -2.15. The topological polar surface area (TPSA) is 78.5 Å². The van der Waals surface area contributed by atoms with Crippen molar-refractivity contribution in [3.63, 3.8) is 0 Å². The molecule has 0 saturated carbocycles. The van der Waals surface area contributed by atoms with Gasteiger partial charge in [-0.05, 0) is 36.6 Å². The second-order valence-corrected chi connectivity index (χ2v) is 7.11. The molecule has 6 heteroatoms. The first kappa shape index (κ1) is 18.6. The largest absolute Gasteiger partial charge is 0.331 e. The first-order valence-electron chi connectivity index (χ1n) is 8.99. The molecule has 1 aliphatic heterocycles. The first-order valence-corrected chi connectivity index (χ1v) is 8.99. The van der Waals surface area contributed by atoms with E-state index in [0.29, 0.717) is 23.4 Å². The highest BCUT2D eigenvalue weighted by Crippen LogP contribution is 2.26. The molecule has 140 valence electrons. The number of nitrogens with one attached hydrogen (secondary N) is 2. The summed E-state index contributed by atoms with van der Waals surface area (Å²) in [4.78, 5) is 38.4. The van der Waals surface area contributed by atoms with E-state index in [2.05, 4.69) is 10.6 Å². The number of amides is 4. The van der Waals surface area contributed by atoms with Gasteiger partial charge in [-0.2, -0.15) is 0 Å². The predicted octanol–water partition coefficient (Wildman–Crippen LogP) is 3.82. The van der Waals surface area contributed by atoms with Gasteiger partial charge < -0.3 is 10.6 Å². The Kier molecular flexibility index (Phi) is 5.26. The molecule has 0 bridgehead atoms. The van der Waals surface area contributed by atoms with Crippen molar-refractivity contribution in [1.82, 2.24) is 10.2 Å². The smallest absolute Gasteiger partial charge is 0.319 e. The molecule has 2 N–H and O–H groups in total. The molecule has 6 nitrogen and oxygen atoms in total. The Morgan fingerprint density at radius 1 is 0.963 bits per heavy atom. The molecule has 0 aromatic heterocycles. The van der Waals surface area contributed by atoms with Crippen LogP contribution in [-0.2, 0) is 0 Å². The van der Waals surface area contributed by atoms with Crippen LogP contribution in [0.15, 0.2) is 48.5 Å². The average molecular weight is 365 g/mol. The summed E-state index contributed by atoms with van der Waals surface area (Å²) in [6.45, 7) is 6.18. The lowest BCUT2D eigenvalue weighted by molar-refractivity contribution is 0.0636. The average Bonchev–Trinajstić information content (AvgIpc) is 2.86. The Morgan fingerprint density at radius 3 is 2.30 bits per heavy atom. The zero-order valence-corrected chi connectivity index (χ0v) is 15.7. The van der Waals surface area contributed by atoms with Crippen LogP contribution in [0.2, 0.25) is 0 Å². The van der Waals surface area contributed by atoms with Crippen LogP contribution >= 0.6 is 0 Å². The number of hydrogen-bond donors (Lipinski definition) is 2. The Hall–Kier alpha value is -3.15. The molecule has 1 unspecified atom stereocenters. The summed E-state index contributed by atoms with van der Waals surface area (Å²) in [6, 6.07) is 13.9. The van der Waals surface area contributed by atoms with Crippen molar-refractivity contribution >= 4 is 23.5 Å². The van der Waals surface area contributed by atoms with Gasteiger partial charge in [-0.25, -0.2) is 4.79 Å². The van der Waals surface area contributed by atoms with E-state index in [1.165, 1.54) is 4.90 Å². The molecular weight excluding hydrogens is 342 g/mol. The van der Waals surface area contributed by atoms with Gasteiger partial charge in [0.2, 0.25) is 0 Å². The van der Waals surface area contributed by atoms with Crippen LogP contribution in [0.3, 0.4) is 0 Å². The van der Waals surface area contributed by atoms with Crippen molar-refractivity contribution in [2.75, 3.05) is 11.9 Å². The number of rotatable bonds is 5. The molecule has 1 heterocycles. The molecule has 4 amide bonds. The number of anilines is 1.